The minimum atomic E-state index is -4.66. The van der Waals surface area contributed by atoms with Gasteiger partial charge in [0, 0.05) is 49.7 Å². The maximum absolute atomic E-state index is 14.1. The number of benzene rings is 2. The number of anilines is 2. The molecule has 2 aliphatic rings. The number of aliphatic hydroxyl groups excluding tert-OH is 1. The van der Waals surface area contributed by atoms with Crippen LogP contribution in [0.4, 0.5) is 24.5 Å². The Labute approximate surface area is 201 Å². The predicted molar refractivity (Wildman–Crippen MR) is 129 cm³/mol. The number of β-amino-alcohol motifs (C(OH)–C–C–N with tert-alkyl or cyclic N) is 1. The largest absolute Gasteiger partial charge is 0.418 e. The monoisotopic (exact) mass is 484 g/mol. The molecule has 5 rings (SSSR count). The fraction of sp³-hybridized carbons (Fsp3) is 0.385. The van der Waals surface area contributed by atoms with Crippen molar-refractivity contribution in [2.45, 2.75) is 38.0 Å². The van der Waals surface area contributed by atoms with Gasteiger partial charge in [-0.05, 0) is 61.6 Å². The lowest BCUT2D eigenvalue weighted by atomic mass is 10.0. The third-order valence-electron chi connectivity index (χ3n) is 6.83. The van der Waals surface area contributed by atoms with Gasteiger partial charge in [-0.25, -0.2) is 0 Å². The summed E-state index contributed by atoms with van der Waals surface area (Å²) in [5.41, 5.74) is 2.38. The summed E-state index contributed by atoms with van der Waals surface area (Å²) < 4.78 is 43.2. The molecular formula is C26H27F3N4O2. The molecule has 0 amide bonds. The standard InChI is InChI=1S/C26H27F3N4O2/c1-31(2)17-6-3-5-16(13-17)24-20-7-4-8-21(20)25(35)33(30-24)23-14-18(32-12-11-19(34)15-32)9-10-22(23)26(27,28)29/h3,5-6,9-10,13-14,19,34H,4,7-8,11-12,15H2,1-2H3. The second-order valence-corrected chi connectivity index (χ2v) is 9.41. The topological polar surface area (TPSA) is 61.6 Å². The van der Waals surface area contributed by atoms with Crippen molar-refractivity contribution in [2.24, 2.45) is 0 Å². The highest BCUT2D eigenvalue weighted by Gasteiger charge is 2.36. The van der Waals surface area contributed by atoms with Gasteiger partial charge >= 0.3 is 6.18 Å². The molecule has 1 N–H and O–H groups in total. The van der Waals surface area contributed by atoms with Crippen molar-refractivity contribution < 1.29 is 18.3 Å². The minimum Gasteiger partial charge on any atom is -0.391 e. The van der Waals surface area contributed by atoms with Gasteiger partial charge in [0.15, 0.2) is 0 Å². The van der Waals surface area contributed by atoms with E-state index in [4.69, 9.17) is 0 Å². The number of hydrogen-bond acceptors (Lipinski definition) is 5. The zero-order chi connectivity index (χ0) is 24.9. The van der Waals surface area contributed by atoms with Crippen molar-refractivity contribution in [1.29, 1.82) is 0 Å². The molecule has 0 spiro atoms. The van der Waals surface area contributed by atoms with Crippen LogP contribution in [0.15, 0.2) is 47.3 Å². The first-order valence-corrected chi connectivity index (χ1v) is 11.7. The Balaban J connectivity index is 1.74. The molecule has 0 bridgehead atoms. The summed E-state index contributed by atoms with van der Waals surface area (Å²) in [5.74, 6) is 0. The molecular weight excluding hydrogens is 457 g/mol. The number of fused-ring (bicyclic) bond motifs is 1. The fourth-order valence-corrected chi connectivity index (χ4v) is 5.01. The Hall–Kier alpha value is -3.33. The second-order valence-electron chi connectivity index (χ2n) is 9.41. The first-order chi connectivity index (χ1) is 16.6. The van der Waals surface area contributed by atoms with Gasteiger partial charge in [-0.1, -0.05) is 12.1 Å². The lowest BCUT2D eigenvalue weighted by Crippen LogP contribution is -2.29. The average molecular weight is 485 g/mol. The molecule has 1 fully saturated rings. The Kier molecular flexibility index (Phi) is 5.83. The van der Waals surface area contributed by atoms with Gasteiger partial charge in [0.1, 0.15) is 0 Å². The molecule has 9 heteroatoms. The van der Waals surface area contributed by atoms with E-state index in [-0.39, 0.29) is 5.69 Å². The smallest absolute Gasteiger partial charge is 0.391 e. The highest BCUT2D eigenvalue weighted by atomic mass is 19.4. The molecule has 6 nitrogen and oxygen atoms in total. The van der Waals surface area contributed by atoms with E-state index in [1.165, 1.54) is 12.1 Å². The van der Waals surface area contributed by atoms with E-state index >= 15 is 0 Å². The van der Waals surface area contributed by atoms with E-state index in [1.807, 2.05) is 48.2 Å². The van der Waals surface area contributed by atoms with Crippen molar-refractivity contribution in [2.75, 3.05) is 37.0 Å². The minimum absolute atomic E-state index is 0.291. The third kappa shape index (κ3) is 4.29. The van der Waals surface area contributed by atoms with Crippen molar-refractivity contribution in [3.63, 3.8) is 0 Å². The second kappa shape index (κ2) is 8.71. The Morgan fingerprint density at radius 2 is 1.86 bits per heavy atom. The van der Waals surface area contributed by atoms with Crippen molar-refractivity contribution in [1.82, 2.24) is 9.78 Å². The van der Waals surface area contributed by atoms with Crippen LogP contribution in [-0.2, 0) is 19.0 Å². The van der Waals surface area contributed by atoms with Crippen LogP contribution in [0.25, 0.3) is 16.9 Å². The van der Waals surface area contributed by atoms with Crippen LogP contribution < -0.4 is 15.4 Å². The van der Waals surface area contributed by atoms with E-state index in [0.717, 1.165) is 34.0 Å². The highest BCUT2D eigenvalue weighted by molar-refractivity contribution is 5.70. The molecule has 35 heavy (non-hydrogen) atoms. The molecule has 0 radical (unpaired) electrons. The summed E-state index contributed by atoms with van der Waals surface area (Å²) in [6.45, 7) is 0.862. The maximum Gasteiger partial charge on any atom is 0.418 e. The Morgan fingerprint density at radius 3 is 2.54 bits per heavy atom. The summed E-state index contributed by atoms with van der Waals surface area (Å²) in [7, 11) is 3.82. The van der Waals surface area contributed by atoms with E-state index in [9.17, 15) is 23.1 Å². The van der Waals surface area contributed by atoms with Gasteiger partial charge in [0.25, 0.3) is 5.56 Å². The van der Waals surface area contributed by atoms with E-state index in [2.05, 4.69) is 5.10 Å². The van der Waals surface area contributed by atoms with Crippen molar-refractivity contribution in [3.05, 3.63) is 69.5 Å². The van der Waals surface area contributed by atoms with Crippen LogP contribution in [-0.4, -0.2) is 48.2 Å². The number of nitrogens with zero attached hydrogens (tertiary/aromatic N) is 4. The highest BCUT2D eigenvalue weighted by Crippen LogP contribution is 2.37. The zero-order valence-electron chi connectivity index (χ0n) is 19.6. The zero-order valence-corrected chi connectivity index (χ0v) is 19.6. The molecule has 3 aromatic rings. The molecule has 1 unspecified atom stereocenters. The maximum atomic E-state index is 14.1. The van der Waals surface area contributed by atoms with Gasteiger partial charge in [-0.2, -0.15) is 23.0 Å². The Morgan fingerprint density at radius 1 is 1.09 bits per heavy atom. The molecule has 2 heterocycles. The fourth-order valence-electron chi connectivity index (χ4n) is 5.01. The summed E-state index contributed by atoms with van der Waals surface area (Å²) in [4.78, 5) is 17.2. The van der Waals surface area contributed by atoms with Gasteiger partial charge in [0.2, 0.25) is 0 Å². The molecule has 184 valence electrons. The van der Waals surface area contributed by atoms with E-state index < -0.39 is 23.4 Å². The predicted octanol–water partition coefficient (Wildman–Crippen LogP) is 4.04. The number of halogens is 3. The lowest BCUT2D eigenvalue weighted by molar-refractivity contribution is -0.137. The van der Waals surface area contributed by atoms with Crippen LogP contribution >= 0.6 is 0 Å². The number of alkyl halides is 3. The van der Waals surface area contributed by atoms with Gasteiger partial charge in [0.05, 0.1) is 23.0 Å². The number of hydrogen-bond donors (Lipinski definition) is 1. The first kappa shape index (κ1) is 23.4. The van der Waals surface area contributed by atoms with Crippen LogP contribution in [0.5, 0.6) is 0 Å². The van der Waals surface area contributed by atoms with Crippen LogP contribution in [0.2, 0.25) is 0 Å². The summed E-state index contributed by atoms with van der Waals surface area (Å²) in [6, 6.07) is 11.4. The quantitative estimate of drug-likeness (QED) is 0.606. The Bertz CT molecular complexity index is 1330. The van der Waals surface area contributed by atoms with E-state index in [0.29, 0.717) is 49.3 Å². The summed E-state index contributed by atoms with van der Waals surface area (Å²) >= 11 is 0. The number of aliphatic hydroxyl groups is 1. The van der Waals surface area contributed by atoms with E-state index in [1.54, 1.807) is 0 Å². The molecule has 1 aromatic heterocycles. The molecule has 1 aliphatic heterocycles. The van der Waals surface area contributed by atoms with Crippen molar-refractivity contribution >= 4 is 11.4 Å². The van der Waals surface area contributed by atoms with Gasteiger partial charge < -0.3 is 14.9 Å². The van der Waals surface area contributed by atoms with Crippen LogP contribution in [0, 0.1) is 0 Å². The molecule has 1 atom stereocenters. The lowest BCUT2D eigenvalue weighted by Gasteiger charge is -2.22. The van der Waals surface area contributed by atoms with Crippen molar-refractivity contribution in [3.8, 4) is 16.9 Å². The van der Waals surface area contributed by atoms with Crippen LogP contribution in [0.3, 0.4) is 0 Å². The molecule has 2 aromatic carbocycles. The summed E-state index contributed by atoms with van der Waals surface area (Å²) in [5, 5.41) is 14.5. The SMILES string of the molecule is CN(C)c1cccc(-c2nn(-c3cc(N4CCC(O)C4)ccc3C(F)(F)F)c(=O)c3c2CCC3)c1. The normalized spacial score (nSPS) is 17.7. The van der Waals surface area contributed by atoms with Gasteiger partial charge in [-0.15, -0.1) is 0 Å². The molecule has 0 saturated carbocycles. The van der Waals surface area contributed by atoms with Crippen LogP contribution in [0.1, 0.15) is 29.5 Å². The molecule has 1 aliphatic carbocycles. The first-order valence-electron chi connectivity index (χ1n) is 11.7. The average Bonchev–Trinajstić information content (AvgIpc) is 3.48. The number of rotatable bonds is 4. The molecule has 1 saturated heterocycles. The van der Waals surface area contributed by atoms with Gasteiger partial charge in [-0.3, -0.25) is 4.79 Å². The summed E-state index contributed by atoms with van der Waals surface area (Å²) in [6.07, 6.45) is -2.72. The number of aromatic nitrogens is 2. The third-order valence-corrected chi connectivity index (χ3v) is 6.83.